The molecule has 118 valence electrons. The molecule has 1 aromatic carbocycles. The van der Waals surface area contributed by atoms with Gasteiger partial charge in [-0.1, -0.05) is 0 Å². The molecule has 0 amide bonds. The highest BCUT2D eigenvalue weighted by Gasteiger charge is 2.26. The van der Waals surface area contributed by atoms with Crippen LogP contribution in [0.25, 0.3) is 10.9 Å². The molecule has 1 saturated heterocycles. The monoisotopic (exact) mass is 297 g/mol. The van der Waals surface area contributed by atoms with Crippen LogP contribution < -0.4 is 4.90 Å². The first-order valence-electron chi connectivity index (χ1n) is 8.73. The maximum absolute atomic E-state index is 2.59. The molecule has 0 unspecified atom stereocenters. The van der Waals surface area contributed by atoms with E-state index in [2.05, 4.69) is 59.5 Å². The maximum Gasteiger partial charge on any atom is 0.0506 e. The number of anilines is 1. The largest absolute Gasteiger partial charge is 0.368 e. The number of hydrogen-bond acceptors (Lipinski definition) is 2. The summed E-state index contributed by atoms with van der Waals surface area (Å²) in [7, 11) is 0. The molecule has 2 aliphatic rings. The minimum Gasteiger partial charge on any atom is -0.368 e. The fourth-order valence-electron chi connectivity index (χ4n) is 3.79. The van der Waals surface area contributed by atoms with Gasteiger partial charge >= 0.3 is 0 Å². The molecule has 2 heterocycles. The van der Waals surface area contributed by atoms with Gasteiger partial charge in [0.05, 0.1) is 5.52 Å². The van der Waals surface area contributed by atoms with Crippen molar-refractivity contribution in [1.29, 1.82) is 0 Å². The van der Waals surface area contributed by atoms with Crippen LogP contribution in [0, 0.1) is 6.92 Å². The fraction of sp³-hybridized carbons (Fsp3) is 0.579. The minimum atomic E-state index is 0.663. The second-order valence-corrected chi connectivity index (χ2v) is 7.29. The van der Waals surface area contributed by atoms with Gasteiger partial charge < -0.3 is 9.47 Å². The number of nitrogens with zero attached hydrogens (tertiary/aromatic N) is 3. The molecule has 0 atom stereocenters. The Morgan fingerprint density at radius 3 is 2.41 bits per heavy atom. The molecule has 1 saturated carbocycles. The Kier molecular flexibility index (Phi) is 3.41. The summed E-state index contributed by atoms with van der Waals surface area (Å²) in [6.07, 6.45) is 5.00. The minimum absolute atomic E-state index is 0.663. The van der Waals surface area contributed by atoms with E-state index in [0.29, 0.717) is 6.04 Å². The lowest BCUT2D eigenvalue weighted by atomic mass is 10.1. The average molecular weight is 297 g/mol. The maximum atomic E-state index is 2.59. The summed E-state index contributed by atoms with van der Waals surface area (Å²) in [6, 6.07) is 8.49. The van der Waals surface area contributed by atoms with Crippen molar-refractivity contribution in [3.8, 4) is 0 Å². The molecule has 2 fully saturated rings. The van der Waals surface area contributed by atoms with E-state index in [1.54, 1.807) is 0 Å². The zero-order chi connectivity index (χ0) is 15.3. The first-order valence-corrected chi connectivity index (χ1v) is 8.73. The van der Waals surface area contributed by atoms with Gasteiger partial charge in [-0.05, 0) is 57.4 Å². The van der Waals surface area contributed by atoms with Gasteiger partial charge in [0.25, 0.3) is 0 Å². The highest BCUT2D eigenvalue weighted by molar-refractivity contribution is 5.94. The van der Waals surface area contributed by atoms with Crippen LogP contribution >= 0.6 is 0 Å². The molecule has 3 heteroatoms. The van der Waals surface area contributed by atoms with Crippen LogP contribution in [0.4, 0.5) is 5.69 Å². The predicted molar refractivity (Wildman–Crippen MR) is 93.9 cm³/mol. The third-order valence-corrected chi connectivity index (χ3v) is 5.29. The number of piperazine rings is 1. The average Bonchev–Trinajstić information content (AvgIpc) is 3.27. The molecule has 4 rings (SSSR count). The summed E-state index contributed by atoms with van der Waals surface area (Å²) in [5.41, 5.74) is 4.26. The molecule has 0 bridgehead atoms. The van der Waals surface area contributed by atoms with Gasteiger partial charge in [-0.25, -0.2) is 0 Å². The molecule has 3 nitrogen and oxygen atoms in total. The van der Waals surface area contributed by atoms with Crippen molar-refractivity contribution in [3.05, 3.63) is 30.0 Å². The molecule has 0 radical (unpaired) electrons. The molecule has 22 heavy (non-hydrogen) atoms. The number of benzene rings is 1. The normalized spacial score (nSPS) is 20.3. The highest BCUT2D eigenvalue weighted by Crippen LogP contribution is 2.40. The van der Waals surface area contributed by atoms with Gasteiger partial charge in [0.1, 0.15) is 0 Å². The summed E-state index contributed by atoms with van der Waals surface area (Å²) >= 11 is 0. The Morgan fingerprint density at radius 1 is 1.05 bits per heavy atom. The lowest BCUT2D eigenvalue weighted by Crippen LogP contribution is -2.48. The van der Waals surface area contributed by atoms with Crippen molar-refractivity contribution < 1.29 is 0 Å². The van der Waals surface area contributed by atoms with E-state index in [4.69, 9.17) is 0 Å². The third-order valence-electron chi connectivity index (χ3n) is 5.29. The van der Waals surface area contributed by atoms with Crippen LogP contribution in [0.2, 0.25) is 0 Å². The third kappa shape index (κ3) is 2.41. The van der Waals surface area contributed by atoms with Crippen LogP contribution in [0.1, 0.15) is 38.3 Å². The fourth-order valence-corrected chi connectivity index (χ4v) is 3.79. The van der Waals surface area contributed by atoms with Crippen molar-refractivity contribution in [1.82, 2.24) is 9.47 Å². The molecule has 1 aliphatic carbocycles. The van der Waals surface area contributed by atoms with Gasteiger partial charge in [0.15, 0.2) is 0 Å². The van der Waals surface area contributed by atoms with E-state index < -0.39 is 0 Å². The quantitative estimate of drug-likeness (QED) is 0.853. The van der Waals surface area contributed by atoms with Gasteiger partial charge in [-0.3, -0.25) is 4.90 Å². The lowest BCUT2D eigenvalue weighted by Gasteiger charge is -2.38. The Labute approximate surface area is 133 Å². The van der Waals surface area contributed by atoms with E-state index in [1.165, 1.54) is 48.1 Å². The highest BCUT2D eigenvalue weighted by atomic mass is 15.3. The van der Waals surface area contributed by atoms with E-state index in [1.807, 2.05) is 0 Å². The SMILES string of the molecule is Cc1cc(N2CCN(C(C)C)CC2)c2ccn(C3CC3)c2c1. The Balaban J connectivity index is 1.67. The van der Waals surface area contributed by atoms with Crippen molar-refractivity contribution >= 4 is 16.6 Å². The Hall–Kier alpha value is -1.48. The van der Waals surface area contributed by atoms with Gasteiger partial charge in [-0.15, -0.1) is 0 Å². The van der Waals surface area contributed by atoms with E-state index in [9.17, 15) is 0 Å². The van der Waals surface area contributed by atoms with E-state index >= 15 is 0 Å². The first kappa shape index (κ1) is 14.1. The van der Waals surface area contributed by atoms with Gasteiger partial charge in [-0.2, -0.15) is 0 Å². The number of hydrogen-bond donors (Lipinski definition) is 0. The second-order valence-electron chi connectivity index (χ2n) is 7.29. The number of aromatic nitrogens is 1. The predicted octanol–water partition coefficient (Wildman–Crippen LogP) is 3.82. The first-order chi connectivity index (χ1) is 10.6. The standard InChI is InChI=1S/C19H27N3/c1-14(2)20-8-10-21(11-9-20)18-12-15(3)13-19-17(18)6-7-22(19)16-4-5-16/h6-7,12-14,16H,4-5,8-11H2,1-3H3. The Bertz CT molecular complexity index is 673. The molecule has 2 aromatic rings. The van der Waals surface area contributed by atoms with E-state index in [0.717, 1.165) is 19.1 Å². The van der Waals surface area contributed by atoms with E-state index in [-0.39, 0.29) is 0 Å². The topological polar surface area (TPSA) is 11.4 Å². The zero-order valence-electron chi connectivity index (χ0n) is 14.0. The van der Waals surface area contributed by atoms with Crippen LogP contribution in [0.15, 0.2) is 24.4 Å². The van der Waals surface area contributed by atoms with Crippen LogP contribution in [0.5, 0.6) is 0 Å². The van der Waals surface area contributed by atoms with Gasteiger partial charge in [0.2, 0.25) is 0 Å². The number of fused-ring (bicyclic) bond motifs is 1. The molecular formula is C19H27N3. The summed E-state index contributed by atoms with van der Waals surface area (Å²) in [6.45, 7) is 11.5. The number of rotatable bonds is 3. The molecule has 1 aliphatic heterocycles. The second kappa shape index (κ2) is 5.31. The van der Waals surface area contributed by atoms with Crippen molar-refractivity contribution in [3.63, 3.8) is 0 Å². The van der Waals surface area contributed by atoms with Crippen molar-refractivity contribution in [2.45, 2.75) is 45.7 Å². The van der Waals surface area contributed by atoms with Gasteiger partial charge in [0, 0.05) is 55.5 Å². The molecule has 1 aromatic heterocycles. The summed E-state index contributed by atoms with van der Waals surface area (Å²) in [5, 5.41) is 1.44. The van der Waals surface area contributed by atoms with Crippen molar-refractivity contribution in [2.24, 2.45) is 0 Å². The smallest absolute Gasteiger partial charge is 0.0506 e. The molecule has 0 N–H and O–H groups in total. The lowest BCUT2D eigenvalue weighted by molar-refractivity contribution is 0.209. The summed E-state index contributed by atoms with van der Waals surface area (Å²) in [4.78, 5) is 5.17. The Morgan fingerprint density at radius 2 is 1.77 bits per heavy atom. The summed E-state index contributed by atoms with van der Waals surface area (Å²) < 4.78 is 2.50. The molecule has 0 spiro atoms. The number of aryl methyl sites for hydroxylation is 1. The van der Waals surface area contributed by atoms with Crippen LogP contribution in [-0.4, -0.2) is 41.7 Å². The van der Waals surface area contributed by atoms with Crippen LogP contribution in [-0.2, 0) is 0 Å². The zero-order valence-corrected chi connectivity index (χ0v) is 14.0. The summed E-state index contributed by atoms with van der Waals surface area (Å²) in [5.74, 6) is 0. The molecular weight excluding hydrogens is 270 g/mol. The van der Waals surface area contributed by atoms with Crippen molar-refractivity contribution in [2.75, 3.05) is 31.1 Å². The van der Waals surface area contributed by atoms with Crippen LogP contribution in [0.3, 0.4) is 0 Å².